The molecule has 0 bridgehead atoms. The highest BCUT2D eigenvalue weighted by Gasteiger charge is 2.30. The van der Waals surface area contributed by atoms with Gasteiger partial charge in [-0.3, -0.25) is 4.79 Å². The topological polar surface area (TPSA) is 99.6 Å². The van der Waals surface area contributed by atoms with Crippen LogP contribution in [0.25, 0.3) is 11.3 Å². The Morgan fingerprint density at radius 2 is 1.97 bits per heavy atom. The monoisotopic (exact) mass is 521 g/mol. The van der Waals surface area contributed by atoms with Gasteiger partial charge in [-0.1, -0.05) is 54.1 Å². The quantitative estimate of drug-likeness (QED) is 0.393. The first-order valence-corrected chi connectivity index (χ1v) is 13.1. The van der Waals surface area contributed by atoms with Crippen molar-refractivity contribution < 1.29 is 14.6 Å². The van der Waals surface area contributed by atoms with Crippen LogP contribution in [0.15, 0.2) is 54.7 Å². The largest absolute Gasteiger partial charge is 0.394 e. The van der Waals surface area contributed by atoms with Crippen molar-refractivity contribution in [2.45, 2.75) is 37.9 Å². The zero-order valence-electron chi connectivity index (χ0n) is 20.9. The van der Waals surface area contributed by atoms with Crippen molar-refractivity contribution in [1.29, 1.82) is 0 Å². The van der Waals surface area contributed by atoms with Crippen LogP contribution < -0.4 is 10.6 Å². The lowest BCUT2D eigenvalue weighted by atomic mass is 9.93. The number of carbonyl (C=O) groups is 1. The van der Waals surface area contributed by atoms with Gasteiger partial charge in [0.05, 0.1) is 29.1 Å². The van der Waals surface area contributed by atoms with Gasteiger partial charge in [0.15, 0.2) is 0 Å². The van der Waals surface area contributed by atoms with E-state index in [1.54, 1.807) is 6.20 Å². The second-order valence-electron chi connectivity index (χ2n) is 9.80. The number of benzene rings is 2. The summed E-state index contributed by atoms with van der Waals surface area (Å²) in [5, 5.41) is 17.3. The van der Waals surface area contributed by atoms with Crippen LogP contribution in [-0.2, 0) is 16.8 Å². The summed E-state index contributed by atoms with van der Waals surface area (Å²) in [5.74, 6) is 0.506. The second kappa shape index (κ2) is 11.1. The standard InChI is InChI=1S/C28H32ClN5O3/c1-28(18-35,21-5-3-2-4-6-21)31-11-12-34-17-20-8-7-19(15-23(20)26(34)36)25-24(29)16-30-27(33-25)32-22-9-13-37-14-10-22/h2-8,15-16,22,31,35H,9-14,17-18H2,1H3,(H,30,32,33). The Balaban J connectivity index is 1.26. The van der Waals surface area contributed by atoms with Crippen LogP contribution in [0.1, 0.15) is 41.3 Å². The van der Waals surface area contributed by atoms with Crippen LogP contribution in [0.4, 0.5) is 5.95 Å². The second-order valence-corrected chi connectivity index (χ2v) is 10.2. The number of nitrogens with one attached hydrogen (secondary N) is 2. The van der Waals surface area contributed by atoms with Gasteiger partial charge in [0.25, 0.3) is 5.91 Å². The average Bonchev–Trinajstić information content (AvgIpc) is 3.25. The molecule has 1 atom stereocenters. The maximum atomic E-state index is 13.2. The number of rotatable bonds is 9. The molecule has 1 saturated heterocycles. The summed E-state index contributed by atoms with van der Waals surface area (Å²) in [6.45, 7) is 5.00. The Morgan fingerprint density at radius 1 is 1.19 bits per heavy atom. The van der Waals surface area contributed by atoms with Crippen LogP contribution in [0.3, 0.4) is 0 Å². The van der Waals surface area contributed by atoms with E-state index in [4.69, 9.17) is 16.3 Å². The highest BCUT2D eigenvalue weighted by molar-refractivity contribution is 6.33. The molecule has 9 heteroatoms. The fraction of sp³-hybridized carbons (Fsp3) is 0.393. The van der Waals surface area contributed by atoms with E-state index >= 15 is 0 Å². The number of aromatic nitrogens is 2. The Labute approximate surface area is 222 Å². The van der Waals surface area contributed by atoms with Gasteiger partial charge in [-0.2, -0.15) is 0 Å². The highest BCUT2D eigenvalue weighted by atomic mass is 35.5. The molecule has 0 aliphatic carbocycles. The van der Waals surface area contributed by atoms with Crippen molar-refractivity contribution >= 4 is 23.5 Å². The zero-order chi connectivity index (χ0) is 25.8. The van der Waals surface area contributed by atoms with E-state index in [-0.39, 0.29) is 18.6 Å². The summed E-state index contributed by atoms with van der Waals surface area (Å²) in [6, 6.07) is 15.9. The molecule has 37 heavy (non-hydrogen) atoms. The van der Waals surface area contributed by atoms with Crippen molar-refractivity contribution in [2.24, 2.45) is 0 Å². The van der Waals surface area contributed by atoms with Gasteiger partial charge >= 0.3 is 0 Å². The van der Waals surface area contributed by atoms with Crippen molar-refractivity contribution in [3.8, 4) is 11.3 Å². The van der Waals surface area contributed by atoms with E-state index in [9.17, 15) is 9.90 Å². The summed E-state index contributed by atoms with van der Waals surface area (Å²) < 4.78 is 5.42. The van der Waals surface area contributed by atoms with E-state index in [2.05, 4.69) is 20.6 Å². The lowest BCUT2D eigenvalue weighted by Gasteiger charge is -2.30. The van der Waals surface area contributed by atoms with Gasteiger partial charge in [-0.15, -0.1) is 0 Å². The van der Waals surface area contributed by atoms with Crippen LogP contribution in [-0.4, -0.2) is 64.8 Å². The van der Waals surface area contributed by atoms with E-state index < -0.39 is 5.54 Å². The molecule has 5 rings (SSSR count). The van der Waals surface area contributed by atoms with Crippen LogP contribution in [0, 0.1) is 0 Å². The molecule has 3 N–H and O–H groups in total. The number of fused-ring (bicyclic) bond motifs is 1. The molecule has 3 heterocycles. The Hall–Kier alpha value is -3.04. The van der Waals surface area contributed by atoms with Crippen molar-refractivity contribution in [1.82, 2.24) is 20.2 Å². The van der Waals surface area contributed by atoms with Gasteiger partial charge in [-0.25, -0.2) is 9.97 Å². The number of amides is 1. The predicted octanol–water partition coefficient (Wildman–Crippen LogP) is 3.84. The van der Waals surface area contributed by atoms with Crippen molar-refractivity contribution in [3.05, 3.63) is 76.4 Å². The molecule has 0 radical (unpaired) electrons. The number of halogens is 1. The third-order valence-corrected chi connectivity index (χ3v) is 7.46. The van der Waals surface area contributed by atoms with Crippen LogP contribution in [0.5, 0.6) is 0 Å². The lowest BCUT2D eigenvalue weighted by molar-refractivity contribution is 0.0771. The number of nitrogens with zero attached hydrogens (tertiary/aromatic N) is 3. The molecular formula is C28H32ClN5O3. The van der Waals surface area contributed by atoms with Crippen molar-refractivity contribution in [3.63, 3.8) is 0 Å². The Bertz CT molecular complexity index is 1250. The van der Waals surface area contributed by atoms with Gasteiger partial charge < -0.3 is 25.4 Å². The number of carbonyl (C=O) groups excluding carboxylic acids is 1. The predicted molar refractivity (Wildman–Crippen MR) is 144 cm³/mol. The fourth-order valence-electron chi connectivity index (χ4n) is 4.87. The zero-order valence-corrected chi connectivity index (χ0v) is 21.7. The minimum absolute atomic E-state index is 0.0187. The molecule has 3 aromatic rings. The first kappa shape index (κ1) is 25.6. The number of anilines is 1. The summed E-state index contributed by atoms with van der Waals surface area (Å²) in [7, 11) is 0. The fourth-order valence-corrected chi connectivity index (χ4v) is 5.07. The Morgan fingerprint density at radius 3 is 2.73 bits per heavy atom. The summed E-state index contributed by atoms with van der Waals surface area (Å²) in [5.41, 5.74) is 3.46. The first-order chi connectivity index (χ1) is 18.0. The molecule has 2 aliphatic rings. The third-order valence-electron chi connectivity index (χ3n) is 7.18. The number of hydrogen-bond donors (Lipinski definition) is 3. The smallest absolute Gasteiger partial charge is 0.254 e. The molecule has 194 valence electrons. The lowest BCUT2D eigenvalue weighted by Crippen LogP contribution is -2.46. The molecule has 0 spiro atoms. The molecule has 2 aromatic carbocycles. The molecule has 1 aromatic heterocycles. The van der Waals surface area contributed by atoms with E-state index in [1.807, 2.05) is 60.4 Å². The molecule has 1 amide bonds. The number of aliphatic hydroxyl groups excluding tert-OH is 1. The summed E-state index contributed by atoms with van der Waals surface area (Å²) in [6.07, 6.45) is 3.41. The molecule has 8 nitrogen and oxygen atoms in total. The number of ether oxygens (including phenoxy) is 1. The van der Waals surface area contributed by atoms with Crippen molar-refractivity contribution in [2.75, 3.05) is 38.2 Å². The summed E-state index contributed by atoms with van der Waals surface area (Å²) in [4.78, 5) is 24.1. The highest BCUT2D eigenvalue weighted by Crippen LogP contribution is 2.32. The normalized spacial score (nSPS) is 17.5. The van der Waals surface area contributed by atoms with Crippen LogP contribution >= 0.6 is 11.6 Å². The average molecular weight is 522 g/mol. The van der Waals surface area contributed by atoms with E-state index in [0.717, 1.165) is 42.7 Å². The SMILES string of the molecule is CC(CO)(NCCN1Cc2ccc(-c3nc(NC4CCOCC4)ncc3Cl)cc2C1=O)c1ccccc1. The number of hydrogen-bond acceptors (Lipinski definition) is 7. The molecule has 1 unspecified atom stereocenters. The summed E-state index contributed by atoms with van der Waals surface area (Å²) >= 11 is 6.47. The number of aliphatic hydroxyl groups is 1. The first-order valence-electron chi connectivity index (χ1n) is 12.7. The van der Waals surface area contributed by atoms with Gasteiger partial charge in [0, 0.05) is 50.0 Å². The maximum absolute atomic E-state index is 13.2. The van der Waals surface area contributed by atoms with Gasteiger partial charge in [-0.05, 0) is 37.0 Å². The van der Waals surface area contributed by atoms with Crippen LogP contribution in [0.2, 0.25) is 5.02 Å². The van der Waals surface area contributed by atoms with Gasteiger partial charge in [0.1, 0.15) is 0 Å². The minimum Gasteiger partial charge on any atom is -0.394 e. The molecule has 2 aliphatic heterocycles. The molecular weight excluding hydrogens is 490 g/mol. The third kappa shape index (κ3) is 5.62. The molecule has 0 saturated carbocycles. The van der Waals surface area contributed by atoms with Gasteiger partial charge in [0.2, 0.25) is 5.95 Å². The Kier molecular flexibility index (Phi) is 7.71. The minimum atomic E-state index is -0.579. The molecule has 1 fully saturated rings. The van der Waals surface area contributed by atoms with E-state index in [1.165, 1.54) is 0 Å². The van der Waals surface area contributed by atoms with E-state index in [0.29, 0.717) is 41.9 Å². The maximum Gasteiger partial charge on any atom is 0.254 e.